The fourth-order valence-corrected chi connectivity index (χ4v) is 2.69. The van der Waals surface area contributed by atoms with Gasteiger partial charge in [-0.15, -0.1) is 0 Å². The molecule has 0 unspecified atom stereocenters. The van der Waals surface area contributed by atoms with Gasteiger partial charge in [0.05, 0.1) is 0 Å². The Morgan fingerprint density at radius 2 is 1.83 bits per heavy atom. The summed E-state index contributed by atoms with van der Waals surface area (Å²) in [5.41, 5.74) is 0. The first-order valence-corrected chi connectivity index (χ1v) is 8.34. The molecular weight excluding hydrogens is 250 g/mol. The number of hydrogen-bond acceptors (Lipinski definition) is 4. The topological polar surface area (TPSA) is 75.7 Å². The highest BCUT2D eigenvalue weighted by Gasteiger charge is 2.37. The molecule has 0 aliphatic heterocycles. The highest BCUT2D eigenvalue weighted by molar-refractivity contribution is 7.91. The first-order valence-electron chi connectivity index (χ1n) is 6.45. The molecule has 1 aliphatic rings. The monoisotopic (exact) mass is 271 g/mol. The average Bonchev–Trinajstić information content (AvgIpc) is 2.78. The Bertz CT molecular complexity index is 513. The van der Waals surface area contributed by atoms with Gasteiger partial charge in [0.1, 0.15) is 10.6 Å². The van der Waals surface area contributed by atoms with Gasteiger partial charge in [0.25, 0.3) is 0 Å². The van der Waals surface area contributed by atoms with Crippen LogP contribution in [0.3, 0.4) is 0 Å². The number of aromatic amines is 1. The number of H-pyrrole nitrogens is 1. The molecular formula is C12H21N3O2S. The molecule has 5 nitrogen and oxygen atoms in total. The third-order valence-corrected chi connectivity index (χ3v) is 6.00. The normalized spacial score (nSPS) is 19.1. The summed E-state index contributed by atoms with van der Waals surface area (Å²) in [5.74, 6) is 1.64. The van der Waals surface area contributed by atoms with E-state index in [2.05, 4.69) is 15.2 Å². The molecule has 0 aromatic carbocycles. The molecule has 1 aromatic rings. The molecule has 1 saturated carbocycles. The number of hydrogen-bond donors (Lipinski definition) is 1. The minimum absolute atomic E-state index is 0.380. The second-order valence-electron chi connectivity index (χ2n) is 5.66. The average molecular weight is 271 g/mol. The Hall–Kier alpha value is -0.910. The zero-order valence-electron chi connectivity index (χ0n) is 11.2. The lowest BCUT2D eigenvalue weighted by Crippen LogP contribution is -2.29. The molecule has 18 heavy (non-hydrogen) atoms. The molecule has 6 heteroatoms. The first-order chi connectivity index (χ1) is 8.32. The third kappa shape index (κ3) is 2.43. The van der Waals surface area contributed by atoms with Crippen LogP contribution in [-0.2, 0) is 14.6 Å². The molecule has 1 heterocycles. The quantitative estimate of drug-likeness (QED) is 0.913. The van der Waals surface area contributed by atoms with E-state index in [4.69, 9.17) is 0 Å². The van der Waals surface area contributed by atoms with Crippen molar-refractivity contribution in [2.24, 2.45) is 0 Å². The smallest absolute Gasteiger partial charge is 0.171 e. The molecule has 0 saturated heterocycles. The van der Waals surface area contributed by atoms with Crippen molar-refractivity contribution in [2.75, 3.05) is 6.26 Å². The fourth-order valence-electron chi connectivity index (χ4n) is 2.27. The molecule has 102 valence electrons. The SMILES string of the molecule is CC(C)(c1n[nH]c(C2CCCCC2)n1)S(C)(=O)=O. The van der Waals surface area contributed by atoms with Gasteiger partial charge in [0.15, 0.2) is 15.7 Å². The molecule has 0 amide bonds. The van der Waals surface area contributed by atoms with E-state index in [9.17, 15) is 8.42 Å². The van der Waals surface area contributed by atoms with Crippen molar-refractivity contribution < 1.29 is 8.42 Å². The van der Waals surface area contributed by atoms with E-state index in [1.165, 1.54) is 25.5 Å². The number of aromatic nitrogens is 3. The van der Waals surface area contributed by atoms with Crippen molar-refractivity contribution in [3.8, 4) is 0 Å². The van der Waals surface area contributed by atoms with E-state index in [1.54, 1.807) is 13.8 Å². The number of nitrogens with one attached hydrogen (secondary N) is 1. The number of sulfone groups is 1. The van der Waals surface area contributed by atoms with Crippen molar-refractivity contribution in [1.82, 2.24) is 15.2 Å². The van der Waals surface area contributed by atoms with E-state index < -0.39 is 14.6 Å². The second kappa shape index (κ2) is 4.64. The lowest BCUT2D eigenvalue weighted by molar-refractivity contribution is 0.429. The summed E-state index contributed by atoms with van der Waals surface area (Å²) in [7, 11) is -3.22. The molecule has 0 radical (unpaired) electrons. The van der Waals surface area contributed by atoms with Crippen LogP contribution in [0.25, 0.3) is 0 Å². The van der Waals surface area contributed by atoms with Crippen LogP contribution >= 0.6 is 0 Å². The Morgan fingerprint density at radius 1 is 1.22 bits per heavy atom. The summed E-state index contributed by atoms with van der Waals surface area (Å²) in [6.45, 7) is 3.30. The lowest BCUT2D eigenvalue weighted by atomic mass is 9.89. The van der Waals surface area contributed by atoms with Gasteiger partial charge in [0.2, 0.25) is 0 Å². The predicted molar refractivity (Wildman–Crippen MR) is 70.1 cm³/mol. The van der Waals surface area contributed by atoms with Crippen LogP contribution in [0, 0.1) is 0 Å². The Labute approximate surface area is 108 Å². The van der Waals surface area contributed by atoms with E-state index in [1.807, 2.05) is 0 Å². The summed E-state index contributed by atoms with van der Waals surface area (Å²) < 4.78 is 22.5. The molecule has 0 bridgehead atoms. The zero-order chi connectivity index (χ0) is 13.4. The van der Waals surface area contributed by atoms with Crippen LogP contribution < -0.4 is 0 Å². The molecule has 1 aromatic heterocycles. The maximum Gasteiger partial charge on any atom is 0.171 e. The van der Waals surface area contributed by atoms with Gasteiger partial charge in [0, 0.05) is 12.2 Å². The maximum atomic E-state index is 11.7. The van der Waals surface area contributed by atoms with Gasteiger partial charge in [-0.25, -0.2) is 13.4 Å². The van der Waals surface area contributed by atoms with Gasteiger partial charge in [-0.3, -0.25) is 5.10 Å². The van der Waals surface area contributed by atoms with Crippen molar-refractivity contribution >= 4 is 9.84 Å². The standard InChI is InChI=1S/C12H21N3O2S/c1-12(2,18(3,16)17)11-13-10(14-15-11)9-7-5-4-6-8-9/h9H,4-8H2,1-3H3,(H,13,14,15). The molecule has 0 spiro atoms. The number of rotatable bonds is 3. The molecule has 1 aliphatic carbocycles. The lowest BCUT2D eigenvalue weighted by Gasteiger charge is -2.20. The Kier molecular flexibility index (Phi) is 3.49. The Balaban J connectivity index is 2.25. The van der Waals surface area contributed by atoms with Crippen molar-refractivity contribution in [1.29, 1.82) is 0 Å². The first kappa shape index (κ1) is 13.5. The van der Waals surface area contributed by atoms with Crippen LogP contribution in [0.4, 0.5) is 0 Å². The largest absolute Gasteiger partial charge is 0.263 e. The van der Waals surface area contributed by atoms with E-state index in [-0.39, 0.29) is 0 Å². The van der Waals surface area contributed by atoms with Gasteiger partial charge in [-0.05, 0) is 26.7 Å². The molecule has 1 fully saturated rings. The predicted octanol–water partition coefficient (Wildman–Crippen LogP) is 2.13. The maximum absolute atomic E-state index is 11.7. The van der Waals surface area contributed by atoms with Crippen molar-refractivity contribution in [3.63, 3.8) is 0 Å². The summed E-state index contributed by atoms with van der Waals surface area (Å²) in [6, 6.07) is 0. The third-order valence-electron chi connectivity index (χ3n) is 3.96. The van der Waals surface area contributed by atoms with E-state index in [0.717, 1.165) is 18.7 Å². The number of nitrogens with zero attached hydrogens (tertiary/aromatic N) is 2. The molecule has 1 N–H and O–H groups in total. The van der Waals surface area contributed by atoms with Crippen LogP contribution in [0.1, 0.15) is 63.5 Å². The van der Waals surface area contributed by atoms with Crippen LogP contribution in [0.15, 0.2) is 0 Å². The van der Waals surface area contributed by atoms with Gasteiger partial charge in [-0.2, -0.15) is 5.10 Å². The van der Waals surface area contributed by atoms with Gasteiger partial charge >= 0.3 is 0 Å². The van der Waals surface area contributed by atoms with Crippen molar-refractivity contribution in [2.45, 2.75) is 56.6 Å². The summed E-state index contributed by atoms with van der Waals surface area (Å²) in [6.07, 6.45) is 7.18. The molecule has 2 rings (SSSR count). The minimum atomic E-state index is -3.22. The highest BCUT2D eigenvalue weighted by atomic mass is 32.2. The highest BCUT2D eigenvalue weighted by Crippen LogP contribution is 2.32. The zero-order valence-corrected chi connectivity index (χ0v) is 12.0. The van der Waals surface area contributed by atoms with Crippen LogP contribution in [0.5, 0.6) is 0 Å². The Morgan fingerprint density at radius 3 is 2.39 bits per heavy atom. The fraction of sp³-hybridized carbons (Fsp3) is 0.833. The van der Waals surface area contributed by atoms with Crippen LogP contribution in [-0.4, -0.2) is 29.9 Å². The van der Waals surface area contributed by atoms with Gasteiger partial charge < -0.3 is 0 Å². The minimum Gasteiger partial charge on any atom is -0.263 e. The van der Waals surface area contributed by atoms with Crippen LogP contribution in [0.2, 0.25) is 0 Å². The summed E-state index contributed by atoms with van der Waals surface area (Å²) in [4.78, 5) is 4.43. The second-order valence-corrected chi connectivity index (χ2v) is 8.23. The molecule has 0 atom stereocenters. The van der Waals surface area contributed by atoms with Crippen molar-refractivity contribution in [3.05, 3.63) is 11.6 Å². The van der Waals surface area contributed by atoms with E-state index in [0.29, 0.717) is 11.7 Å². The summed E-state index contributed by atoms with van der Waals surface area (Å²) >= 11 is 0. The van der Waals surface area contributed by atoms with Gasteiger partial charge in [-0.1, -0.05) is 19.3 Å². The van der Waals surface area contributed by atoms with E-state index >= 15 is 0 Å². The summed E-state index contributed by atoms with van der Waals surface area (Å²) in [5, 5.41) is 7.04.